The van der Waals surface area contributed by atoms with Crippen LogP contribution in [0.1, 0.15) is 89.9 Å². The number of oxime groups is 2. The van der Waals surface area contributed by atoms with E-state index in [0.29, 0.717) is 11.7 Å². The Morgan fingerprint density at radius 1 is 0.542 bits per heavy atom. The Balaban J connectivity index is 3.15. The summed E-state index contributed by atoms with van der Waals surface area (Å²) in [6, 6.07) is 0. The molecule has 6 nitrogen and oxygen atoms in total. The standard InChI is InChI=1S/C18H38N4O2/c1-23-21-17(19)15-13-11-9-7-5-3-4-6-8-10-12-14-16-18(20)22-24-2/h3-16H2,1-2H3,(H2,19,21)(H2,20,22). The maximum atomic E-state index is 5.66. The van der Waals surface area contributed by atoms with Crippen molar-refractivity contribution in [1.82, 2.24) is 0 Å². The molecule has 0 rings (SSSR count). The van der Waals surface area contributed by atoms with E-state index in [4.69, 9.17) is 11.5 Å². The summed E-state index contributed by atoms with van der Waals surface area (Å²) in [4.78, 5) is 9.27. The van der Waals surface area contributed by atoms with Crippen molar-refractivity contribution < 1.29 is 9.68 Å². The van der Waals surface area contributed by atoms with Crippen LogP contribution in [0.2, 0.25) is 0 Å². The molecule has 0 bridgehead atoms. The summed E-state index contributed by atoms with van der Waals surface area (Å²) < 4.78 is 0. The van der Waals surface area contributed by atoms with Gasteiger partial charge in [0.15, 0.2) is 0 Å². The van der Waals surface area contributed by atoms with Crippen molar-refractivity contribution in [1.29, 1.82) is 0 Å². The molecule has 0 radical (unpaired) electrons. The molecule has 0 saturated heterocycles. The molecule has 0 atom stereocenters. The van der Waals surface area contributed by atoms with Gasteiger partial charge >= 0.3 is 0 Å². The first-order valence-corrected chi connectivity index (χ1v) is 9.41. The molecule has 24 heavy (non-hydrogen) atoms. The van der Waals surface area contributed by atoms with E-state index in [0.717, 1.165) is 25.7 Å². The number of hydrogen-bond acceptors (Lipinski definition) is 4. The van der Waals surface area contributed by atoms with Crippen molar-refractivity contribution in [3.05, 3.63) is 0 Å². The van der Waals surface area contributed by atoms with Gasteiger partial charge in [-0.15, -0.1) is 0 Å². The molecule has 0 amide bonds. The Hall–Kier alpha value is -1.46. The molecule has 0 unspecified atom stereocenters. The second-order valence-corrected chi connectivity index (χ2v) is 6.27. The summed E-state index contributed by atoms with van der Waals surface area (Å²) in [5.74, 6) is 1.21. The van der Waals surface area contributed by atoms with Gasteiger partial charge in [0.05, 0.1) is 0 Å². The number of nitrogens with two attached hydrogens (primary N) is 2. The number of unbranched alkanes of at least 4 members (excludes halogenated alkanes) is 11. The zero-order valence-electron chi connectivity index (χ0n) is 15.8. The number of rotatable bonds is 17. The van der Waals surface area contributed by atoms with Crippen molar-refractivity contribution in [2.75, 3.05) is 14.2 Å². The lowest BCUT2D eigenvalue weighted by atomic mass is 10.0. The molecule has 0 aromatic rings. The van der Waals surface area contributed by atoms with E-state index >= 15 is 0 Å². The summed E-state index contributed by atoms with van der Waals surface area (Å²) in [6.45, 7) is 0. The molecule has 0 aliphatic heterocycles. The molecule has 0 aromatic heterocycles. The monoisotopic (exact) mass is 342 g/mol. The predicted molar refractivity (Wildman–Crippen MR) is 102 cm³/mol. The molecule has 0 aliphatic carbocycles. The van der Waals surface area contributed by atoms with Gasteiger partial charge < -0.3 is 21.1 Å². The molecule has 6 heteroatoms. The highest BCUT2D eigenvalue weighted by molar-refractivity contribution is 5.79. The average molecular weight is 343 g/mol. The van der Waals surface area contributed by atoms with E-state index in [1.165, 1.54) is 78.4 Å². The minimum absolute atomic E-state index is 0.603. The van der Waals surface area contributed by atoms with Gasteiger partial charge in [0.2, 0.25) is 0 Å². The van der Waals surface area contributed by atoms with Crippen LogP contribution in [0.25, 0.3) is 0 Å². The van der Waals surface area contributed by atoms with Gasteiger partial charge in [0, 0.05) is 12.8 Å². The first-order chi connectivity index (χ1) is 11.7. The summed E-state index contributed by atoms with van der Waals surface area (Å²) in [6.07, 6.45) is 17.1. The molecule has 142 valence electrons. The van der Waals surface area contributed by atoms with Gasteiger partial charge in [-0.1, -0.05) is 74.5 Å². The average Bonchev–Trinajstić information content (AvgIpc) is 2.55. The molecule has 0 fully saturated rings. The Morgan fingerprint density at radius 2 is 0.792 bits per heavy atom. The maximum Gasteiger partial charge on any atom is 0.139 e. The zero-order chi connectivity index (χ0) is 17.9. The lowest BCUT2D eigenvalue weighted by molar-refractivity contribution is 0.212. The van der Waals surface area contributed by atoms with Gasteiger partial charge in [-0.2, -0.15) is 0 Å². The van der Waals surface area contributed by atoms with Crippen LogP contribution >= 0.6 is 0 Å². The van der Waals surface area contributed by atoms with Crippen molar-refractivity contribution in [3.63, 3.8) is 0 Å². The molecule has 4 N–H and O–H groups in total. The normalized spacial score (nSPS) is 12.4. The van der Waals surface area contributed by atoms with Crippen LogP contribution < -0.4 is 11.5 Å². The van der Waals surface area contributed by atoms with Gasteiger partial charge in [0.1, 0.15) is 25.9 Å². The van der Waals surface area contributed by atoms with Crippen LogP contribution in [0.4, 0.5) is 0 Å². The van der Waals surface area contributed by atoms with E-state index in [1.54, 1.807) is 0 Å². The number of hydrogen-bond donors (Lipinski definition) is 2. The van der Waals surface area contributed by atoms with Crippen molar-refractivity contribution in [3.8, 4) is 0 Å². The zero-order valence-corrected chi connectivity index (χ0v) is 15.8. The molecule has 0 aliphatic rings. The van der Waals surface area contributed by atoms with Gasteiger partial charge in [0.25, 0.3) is 0 Å². The van der Waals surface area contributed by atoms with Crippen LogP contribution in [0.3, 0.4) is 0 Å². The molecular formula is C18H38N4O2. The Labute approximate surface area is 148 Å². The van der Waals surface area contributed by atoms with Gasteiger partial charge in [-0.25, -0.2) is 0 Å². The fourth-order valence-corrected chi connectivity index (χ4v) is 2.71. The quantitative estimate of drug-likeness (QED) is 0.178. The van der Waals surface area contributed by atoms with E-state index in [2.05, 4.69) is 20.0 Å². The van der Waals surface area contributed by atoms with Crippen molar-refractivity contribution >= 4 is 11.7 Å². The van der Waals surface area contributed by atoms with Crippen LogP contribution in [0, 0.1) is 0 Å². The fraction of sp³-hybridized carbons (Fsp3) is 0.889. The first kappa shape index (κ1) is 22.5. The molecule has 0 aromatic carbocycles. The second kappa shape index (κ2) is 17.9. The Bertz CT molecular complexity index is 301. The lowest BCUT2D eigenvalue weighted by Gasteiger charge is -2.03. The van der Waals surface area contributed by atoms with Crippen LogP contribution in [0.5, 0.6) is 0 Å². The van der Waals surface area contributed by atoms with Crippen LogP contribution in [-0.4, -0.2) is 25.9 Å². The van der Waals surface area contributed by atoms with Gasteiger partial charge in [-0.3, -0.25) is 0 Å². The molecule has 0 spiro atoms. The Kier molecular flexibility index (Phi) is 16.8. The topological polar surface area (TPSA) is 95.2 Å². The smallest absolute Gasteiger partial charge is 0.139 e. The summed E-state index contributed by atoms with van der Waals surface area (Å²) >= 11 is 0. The minimum Gasteiger partial charge on any atom is -0.398 e. The summed E-state index contributed by atoms with van der Waals surface area (Å²) in [5, 5.41) is 7.42. The second-order valence-electron chi connectivity index (χ2n) is 6.27. The number of nitrogens with zero attached hydrogens (tertiary/aromatic N) is 2. The van der Waals surface area contributed by atoms with Crippen LogP contribution in [0.15, 0.2) is 10.3 Å². The third kappa shape index (κ3) is 16.9. The Morgan fingerprint density at radius 3 is 1.04 bits per heavy atom. The van der Waals surface area contributed by atoms with Crippen LogP contribution in [-0.2, 0) is 9.68 Å². The molecule has 0 saturated carbocycles. The summed E-state index contributed by atoms with van der Waals surface area (Å²) in [5.41, 5.74) is 11.3. The highest BCUT2D eigenvalue weighted by atomic mass is 16.6. The van der Waals surface area contributed by atoms with E-state index in [9.17, 15) is 0 Å². The van der Waals surface area contributed by atoms with Crippen molar-refractivity contribution in [2.45, 2.75) is 89.9 Å². The summed E-state index contributed by atoms with van der Waals surface area (Å²) in [7, 11) is 3.06. The lowest BCUT2D eigenvalue weighted by Crippen LogP contribution is -2.11. The minimum atomic E-state index is 0.603. The van der Waals surface area contributed by atoms with Gasteiger partial charge in [-0.05, 0) is 12.8 Å². The third-order valence-electron chi connectivity index (χ3n) is 4.03. The van der Waals surface area contributed by atoms with E-state index in [1.807, 2.05) is 0 Å². The van der Waals surface area contributed by atoms with Crippen molar-refractivity contribution in [2.24, 2.45) is 21.8 Å². The fourth-order valence-electron chi connectivity index (χ4n) is 2.71. The SMILES string of the molecule is CO/N=C(\N)CCCCCCCCCCCCCC/C(N)=N/OC. The maximum absolute atomic E-state index is 5.66. The molecular weight excluding hydrogens is 304 g/mol. The van der Waals surface area contributed by atoms with E-state index in [-0.39, 0.29) is 0 Å². The number of amidine groups is 2. The molecule has 0 heterocycles. The highest BCUT2D eigenvalue weighted by Gasteiger charge is 1.97. The third-order valence-corrected chi connectivity index (χ3v) is 4.03. The highest BCUT2D eigenvalue weighted by Crippen LogP contribution is 2.13. The van der Waals surface area contributed by atoms with E-state index < -0.39 is 0 Å². The predicted octanol–water partition coefficient (Wildman–Crippen LogP) is 4.29. The first-order valence-electron chi connectivity index (χ1n) is 9.41. The largest absolute Gasteiger partial charge is 0.398 e.